The molecular weight excluding hydrogens is 306 g/mol. The monoisotopic (exact) mass is 323 g/mol. The summed E-state index contributed by atoms with van der Waals surface area (Å²) < 4.78 is 10.2. The van der Waals surface area contributed by atoms with E-state index in [4.69, 9.17) is 9.15 Å². The predicted molar refractivity (Wildman–Crippen MR) is 80.3 cm³/mol. The normalized spacial score (nSPS) is 10.7. The van der Waals surface area contributed by atoms with Crippen molar-refractivity contribution in [1.82, 2.24) is 15.2 Å². The Morgan fingerprint density at radius 3 is 2.59 bits per heavy atom. The van der Waals surface area contributed by atoms with Crippen molar-refractivity contribution in [1.29, 1.82) is 0 Å². The third kappa shape index (κ3) is 3.38. The van der Waals surface area contributed by atoms with Crippen molar-refractivity contribution in [3.05, 3.63) is 28.4 Å². The van der Waals surface area contributed by atoms with Gasteiger partial charge in [-0.3, -0.25) is 4.79 Å². The molecule has 0 atom stereocenters. The zero-order chi connectivity index (χ0) is 16.3. The summed E-state index contributed by atoms with van der Waals surface area (Å²) in [6, 6.07) is 0. The number of Topliss-reactive ketones (excluding diaryl/α,β-unsaturated/α-hetero) is 1. The zero-order valence-electron chi connectivity index (χ0n) is 12.8. The Balaban J connectivity index is 2.14. The van der Waals surface area contributed by atoms with Gasteiger partial charge >= 0.3 is 5.97 Å². The lowest BCUT2D eigenvalue weighted by Gasteiger charge is -2.02. The third-order valence-electron chi connectivity index (χ3n) is 3.03. The number of aryl methyl sites for hydroxylation is 2. The van der Waals surface area contributed by atoms with Gasteiger partial charge in [0.2, 0.25) is 5.89 Å². The van der Waals surface area contributed by atoms with Crippen LogP contribution in [0.4, 0.5) is 0 Å². The molecule has 0 amide bonds. The number of H-pyrrole nitrogens is 1. The number of aromatic nitrogens is 3. The molecule has 0 bridgehead atoms. The van der Waals surface area contributed by atoms with Gasteiger partial charge in [0.05, 0.1) is 12.4 Å². The van der Waals surface area contributed by atoms with Crippen LogP contribution in [0, 0.1) is 20.8 Å². The van der Waals surface area contributed by atoms with Crippen LogP contribution in [0.5, 0.6) is 0 Å². The number of carbonyl (C=O) groups is 2. The number of nitrogens with zero attached hydrogens (tertiary/aromatic N) is 2. The molecule has 2 heterocycles. The van der Waals surface area contributed by atoms with Gasteiger partial charge < -0.3 is 14.1 Å². The fourth-order valence-corrected chi connectivity index (χ4v) is 2.79. The highest BCUT2D eigenvalue weighted by atomic mass is 32.2. The average Bonchev–Trinajstić information content (AvgIpc) is 3.00. The SMILES string of the molecule is CCOC(=O)c1[nH]c(C)c(C(=O)CSc2nnc(C)o2)c1C. The van der Waals surface area contributed by atoms with Crippen LogP contribution in [0.25, 0.3) is 0 Å². The topological polar surface area (TPSA) is 98.1 Å². The first-order chi connectivity index (χ1) is 10.4. The Kier molecular flexibility index (Phi) is 5.02. The molecule has 0 aliphatic heterocycles. The van der Waals surface area contributed by atoms with E-state index >= 15 is 0 Å². The minimum absolute atomic E-state index is 0.109. The van der Waals surface area contributed by atoms with E-state index < -0.39 is 5.97 Å². The molecule has 0 spiro atoms. The van der Waals surface area contributed by atoms with Crippen molar-refractivity contribution >= 4 is 23.5 Å². The molecular formula is C14H17N3O4S. The maximum absolute atomic E-state index is 12.4. The van der Waals surface area contributed by atoms with Crippen LogP contribution in [0.2, 0.25) is 0 Å². The van der Waals surface area contributed by atoms with Gasteiger partial charge in [-0.05, 0) is 26.3 Å². The van der Waals surface area contributed by atoms with E-state index in [1.54, 1.807) is 27.7 Å². The van der Waals surface area contributed by atoms with Crippen molar-refractivity contribution < 1.29 is 18.7 Å². The number of hydrogen-bond acceptors (Lipinski definition) is 7. The lowest BCUT2D eigenvalue weighted by molar-refractivity contribution is 0.0519. The Morgan fingerprint density at radius 1 is 1.27 bits per heavy atom. The molecule has 0 unspecified atom stereocenters. The summed E-state index contributed by atoms with van der Waals surface area (Å²) in [5.74, 6) is 0.0437. The molecule has 22 heavy (non-hydrogen) atoms. The van der Waals surface area contributed by atoms with Crippen molar-refractivity contribution in [2.24, 2.45) is 0 Å². The number of rotatable bonds is 6. The molecule has 118 valence electrons. The van der Waals surface area contributed by atoms with Gasteiger partial charge in [0.25, 0.3) is 5.22 Å². The molecule has 0 aromatic carbocycles. The van der Waals surface area contributed by atoms with Crippen LogP contribution < -0.4 is 0 Å². The first-order valence-electron chi connectivity index (χ1n) is 6.76. The van der Waals surface area contributed by atoms with E-state index in [2.05, 4.69) is 15.2 Å². The summed E-state index contributed by atoms with van der Waals surface area (Å²) in [4.78, 5) is 27.1. The maximum atomic E-state index is 12.4. The van der Waals surface area contributed by atoms with Crippen molar-refractivity contribution in [3.8, 4) is 0 Å². The van der Waals surface area contributed by atoms with Crippen molar-refractivity contribution in [3.63, 3.8) is 0 Å². The van der Waals surface area contributed by atoms with E-state index in [1.807, 2.05) is 0 Å². The standard InChI is InChI=1S/C14H17N3O4S/c1-5-20-13(19)12-7(2)11(8(3)15-12)10(18)6-22-14-17-16-9(4)21-14/h15H,5-6H2,1-4H3. The highest BCUT2D eigenvalue weighted by molar-refractivity contribution is 7.99. The number of carbonyl (C=O) groups excluding carboxylic acids is 2. The fraction of sp³-hybridized carbons (Fsp3) is 0.429. The average molecular weight is 323 g/mol. The lowest BCUT2D eigenvalue weighted by atomic mass is 10.1. The molecule has 1 N–H and O–H groups in total. The number of ketones is 1. The van der Waals surface area contributed by atoms with E-state index in [9.17, 15) is 9.59 Å². The van der Waals surface area contributed by atoms with Crippen LogP contribution in [0.15, 0.2) is 9.64 Å². The van der Waals surface area contributed by atoms with Crippen LogP contribution in [-0.2, 0) is 4.74 Å². The van der Waals surface area contributed by atoms with Crippen molar-refractivity contribution in [2.75, 3.05) is 12.4 Å². The van der Waals surface area contributed by atoms with Crippen LogP contribution in [-0.4, -0.2) is 39.3 Å². The molecule has 2 rings (SSSR count). The Hall–Kier alpha value is -2.09. The van der Waals surface area contributed by atoms with Gasteiger partial charge in [-0.1, -0.05) is 11.8 Å². The summed E-state index contributed by atoms with van der Waals surface area (Å²) in [5.41, 5.74) is 2.07. The maximum Gasteiger partial charge on any atom is 0.355 e. The third-order valence-corrected chi connectivity index (χ3v) is 3.85. The van der Waals surface area contributed by atoms with Crippen LogP contribution in [0.1, 0.15) is 44.9 Å². The minimum Gasteiger partial charge on any atom is -0.461 e. The molecule has 0 aliphatic carbocycles. The summed E-state index contributed by atoms with van der Waals surface area (Å²) in [7, 11) is 0. The van der Waals surface area contributed by atoms with Gasteiger partial charge in [0, 0.05) is 18.2 Å². The molecule has 0 radical (unpaired) electrons. The van der Waals surface area contributed by atoms with Gasteiger partial charge in [-0.2, -0.15) is 0 Å². The van der Waals surface area contributed by atoms with Crippen LogP contribution >= 0.6 is 11.8 Å². The molecule has 0 fully saturated rings. The smallest absolute Gasteiger partial charge is 0.355 e. The fourth-order valence-electron chi connectivity index (χ4n) is 2.11. The van der Waals surface area contributed by atoms with Gasteiger partial charge in [0.15, 0.2) is 5.78 Å². The summed E-state index contributed by atoms with van der Waals surface area (Å²) in [6.07, 6.45) is 0. The van der Waals surface area contributed by atoms with E-state index in [0.717, 1.165) is 0 Å². The number of ether oxygens (including phenoxy) is 1. The highest BCUT2D eigenvalue weighted by Gasteiger charge is 2.23. The van der Waals surface area contributed by atoms with E-state index in [0.29, 0.717) is 33.6 Å². The minimum atomic E-state index is -0.456. The molecule has 0 saturated heterocycles. The molecule has 0 saturated carbocycles. The molecule has 8 heteroatoms. The summed E-state index contributed by atoms with van der Waals surface area (Å²) in [6.45, 7) is 7.18. The molecule has 0 aliphatic rings. The second kappa shape index (κ2) is 6.78. The van der Waals surface area contributed by atoms with Gasteiger partial charge in [-0.25, -0.2) is 4.79 Å². The van der Waals surface area contributed by atoms with Gasteiger partial charge in [-0.15, -0.1) is 10.2 Å². The van der Waals surface area contributed by atoms with E-state index in [-0.39, 0.29) is 18.1 Å². The number of hydrogen-bond donors (Lipinski definition) is 1. The van der Waals surface area contributed by atoms with Crippen molar-refractivity contribution in [2.45, 2.75) is 32.9 Å². The van der Waals surface area contributed by atoms with Crippen LogP contribution in [0.3, 0.4) is 0 Å². The number of esters is 1. The quantitative estimate of drug-likeness (QED) is 0.495. The second-order valence-electron chi connectivity index (χ2n) is 4.64. The van der Waals surface area contributed by atoms with Gasteiger partial charge in [0.1, 0.15) is 5.69 Å². The molecule has 7 nitrogen and oxygen atoms in total. The first kappa shape index (κ1) is 16.3. The predicted octanol–water partition coefficient (Wildman–Crippen LogP) is 2.47. The lowest BCUT2D eigenvalue weighted by Crippen LogP contribution is -2.08. The van der Waals surface area contributed by atoms with E-state index in [1.165, 1.54) is 11.8 Å². The number of aromatic amines is 1. The first-order valence-corrected chi connectivity index (χ1v) is 7.75. The summed E-state index contributed by atoms with van der Waals surface area (Å²) >= 11 is 1.17. The zero-order valence-corrected chi connectivity index (χ0v) is 13.7. The molecule has 2 aromatic rings. The Labute approximate surface area is 131 Å². The number of thioether (sulfide) groups is 1. The largest absolute Gasteiger partial charge is 0.461 e. The highest BCUT2D eigenvalue weighted by Crippen LogP contribution is 2.23. The Morgan fingerprint density at radius 2 is 2.00 bits per heavy atom. The number of nitrogens with one attached hydrogen (secondary N) is 1. The molecule has 2 aromatic heterocycles. The summed E-state index contributed by atoms with van der Waals surface area (Å²) in [5, 5.41) is 7.88. The second-order valence-corrected chi connectivity index (χ2v) is 5.57. The Bertz CT molecular complexity index is 705.